The van der Waals surface area contributed by atoms with E-state index in [1.165, 1.54) is 38.5 Å². The number of hydrogen-bond donors (Lipinski definition) is 0. The van der Waals surface area contributed by atoms with Gasteiger partial charge in [-0.15, -0.1) is 0 Å². The van der Waals surface area contributed by atoms with Crippen molar-refractivity contribution in [1.82, 2.24) is 0 Å². The molecule has 0 amide bonds. The van der Waals surface area contributed by atoms with Crippen LogP contribution in [0.5, 0.6) is 0 Å². The highest BCUT2D eigenvalue weighted by atomic mass is 16.5. The Balaban J connectivity index is 1.72. The Kier molecular flexibility index (Phi) is 3.08. The maximum absolute atomic E-state index is 12.1. The van der Waals surface area contributed by atoms with Crippen LogP contribution in [0.4, 0.5) is 0 Å². The highest BCUT2D eigenvalue weighted by Crippen LogP contribution is 2.69. The number of hydrogen-bond acceptors (Lipinski definition) is 2. The van der Waals surface area contributed by atoms with Gasteiger partial charge in [0.15, 0.2) is 0 Å². The van der Waals surface area contributed by atoms with E-state index in [0.29, 0.717) is 28.8 Å². The fourth-order valence-electron chi connectivity index (χ4n) is 7.66. The molecule has 22 heavy (non-hydrogen) atoms. The molecule has 0 aromatic heterocycles. The molecule has 1 heterocycles. The average Bonchev–Trinajstić information content (AvgIpc) is 2.80. The Morgan fingerprint density at radius 1 is 0.909 bits per heavy atom. The Hall–Kier alpha value is -0.530. The highest BCUT2D eigenvalue weighted by molar-refractivity contribution is 5.75. The number of carbonyl (C=O) groups excluding carboxylic acids is 1. The molecule has 0 aromatic carbocycles. The lowest BCUT2D eigenvalue weighted by molar-refractivity contribution is -0.170. The monoisotopic (exact) mass is 304 g/mol. The number of ether oxygens (including phenoxy) is 1. The SMILES string of the molecule is CC1(C)CCC[C@]2(C)[C@H]3CC[C@H]4C(=O)OC[C@H]4[C@]3(C)CC[C@@H]12. The first kappa shape index (κ1) is 15.0. The van der Waals surface area contributed by atoms with Gasteiger partial charge in [0.1, 0.15) is 0 Å². The zero-order chi connectivity index (χ0) is 15.8. The van der Waals surface area contributed by atoms with Gasteiger partial charge in [-0.05, 0) is 66.6 Å². The third-order valence-electron chi connectivity index (χ3n) is 8.65. The van der Waals surface area contributed by atoms with Crippen LogP contribution in [0.25, 0.3) is 0 Å². The summed E-state index contributed by atoms with van der Waals surface area (Å²) in [7, 11) is 0. The van der Waals surface area contributed by atoms with E-state index < -0.39 is 0 Å². The lowest BCUT2D eigenvalue weighted by Gasteiger charge is -2.65. The van der Waals surface area contributed by atoms with Crippen LogP contribution in [0.15, 0.2) is 0 Å². The van der Waals surface area contributed by atoms with E-state index in [1.807, 2.05) is 0 Å². The first-order valence-corrected chi connectivity index (χ1v) is 9.46. The van der Waals surface area contributed by atoms with Crippen molar-refractivity contribution in [3.8, 4) is 0 Å². The summed E-state index contributed by atoms with van der Waals surface area (Å²) in [6.45, 7) is 10.8. The van der Waals surface area contributed by atoms with Crippen LogP contribution in [0.1, 0.15) is 72.6 Å². The van der Waals surface area contributed by atoms with Gasteiger partial charge in [-0.3, -0.25) is 4.79 Å². The molecule has 124 valence electrons. The Bertz CT molecular complexity index is 496. The van der Waals surface area contributed by atoms with Crippen molar-refractivity contribution >= 4 is 5.97 Å². The second kappa shape index (κ2) is 4.51. The molecule has 0 spiro atoms. The van der Waals surface area contributed by atoms with E-state index in [0.717, 1.165) is 18.3 Å². The molecule has 4 aliphatic rings. The Morgan fingerprint density at radius 2 is 1.68 bits per heavy atom. The van der Waals surface area contributed by atoms with E-state index in [-0.39, 0.29) is 11.9 Å². The van der Waals surface area contributed by atoms with Crippen molar-refractivity contribution in [3.63, 3.8) is 0 Å². The van der Waals surface area contributed by atoms with Crippen molar-refractivity contribution < 1.29 is 9.53 Å². The largest absolute Gasteiger partial charge is 0.465 e. The molecule has 0 N–H and O–H groups in total. The number of fused-ring (bicyclic) bond motifs is 5. The number of rotatable bonds is 0. The van der Waals surface area contributed by atoms with Gasteiger partial charge in [0.25, 0.3) is 0 Å². The first-order valence-electron chi connectivity index (χ1n) is 9.46. The number of esters is 1. The summed E-state index contributed by atoms with van der Waals surface area (Å²) in [5.41, 5.74) is 1.30. The van der Waals surface area contributed by atoms with Crippen LogP contribution in [0.2, 0.25) is 0 Å². The maximum Gasteiger partial charge on any atom is 0.309 e. The Morgan fingerprint density at radius 3 is 2.45 bits per heavy atom. The molecule has 1 saturated heterocycles. The summed E-state index contributed by atoms with van der Waals surface area (Å²) in [6, 6.07) is 0. The molecule has 0 unspecified atom stereocenters. The van der Waals surface area contributed by atoms with Crippen LogP contribution in [0.3, 0.4) is 0 Å². The van der Waals surface area contributed by atoms with Crippen LogP contribution in [-0.2, 0) is 9.53 Å². The lowest BCUT2D eigenvalue weighted by atomic mass is 9.39. The standard InChI is InChI=1S/C20H32O2/c1-18(2)9-5-10-20(4)15(18)8-11-19(3)14-12-22-17(21)13(14)6-7-16(19)20/h13-16H,5-12H2,1-4H3/t13-,14-,15+,16+,19+,20+/m1/s1. The second-order valence-corrected chi connectivity index (χ2v) is 9.92. The van der Waals surface area contributed by atoms with Gasteiger partial charge >= 0.3 is 5.97 Å². The lowest BCUT2D eigenvalue weighted by Crippen LogP contribution is -2.59. The van der Waals surface area contributed by atoms with Gasteiger partial charge in [-0.2, -0.15) is 0 Å². The molecule has 6 atom stereocenters. The zero-order valence-corrected chi connectivity index (χ0v) is 14.8. The van der Waals surface area contributed by atoms with Gasteiger partial charge in [0.2, 0.25) is 0 Å². The molecule has 0 bridgehead atoms. The molecule has 0 radical (unpaired) electrons. The average molecular weight is 304 g/mol. The van der Waals surface area contributed by atoms with Crippen LogP contribution < -0.4 is 0 Å². The smallest absolute Gasteiger partial charge is 0.309 e. The fraction of sp³-hybridized carbons (Fsp3) is 0.950. The summed E-state index contributed by atoms with van der Waals surface area (Å²) in [4.78, 5) is 12.1. The number of carbonyl (C=O) groups is 1. The third-order valence-corrected chi connectivity index (χ3v) is 8.65. The van der Waals surface area contributed by atoms with Gasteiger partial charge < -0.3 is 4.74 Å². The van der Waals surface area contributed by atoms with Crippen molar-refractivity contribution in [3.05, 3.63) is 0 Å². The summed E-state index contributed by atoms with van der Waals surface area (Å²) in [5, 5.41) is 0. The predicted octanol–water partition coefficient (Wildman–Crippen LogP) is 4.82. The first-order chi connectivity index (χ1) is 10.3. The third kappa shape index (κ3) is 1.76. The molecule has 3 saturated carbocycles. The molecule has 3 aliphatic carbocycles. The van der Waals surface area contributed by atoms with Crippen molar-refractivity contribution in [2.75, 3.05) is 6.61 Å². The predicted molar refractivity (Wildman–Crippen MR) is 87.2 cm³/mol. The van der Waals surface area contributed by atoms with E-state index in [4.69, 9.17) is 4.74 Å². The van der Waals surface area contributed by atoms with Crippen LogP contribution in [0, 0.1) is 39.9 Å². The van der Waals surface area contributed by atoms with Crippen molar-refractivity contribution in [2.45, 2.75) is 72.6 Å². The molecule has 1 aliphatic heterocycles. The van der Waals surface area contributed by atoms with Gasteiger partial charge in [0, 0.05) is 5.92 Å². The zero-order valence-electron chi connectivity index (χ0n) is 14.8. The topological polar surface area (TPSA) is 26.3 Å². The van der Waals surface area contributed by atoms with E-state index in [2.05, 4.69) is 27.7 Å². The fourth-order valence-corrected chi connectivity index (χ4v) is 7.66. The normalized spacial score (nSPS) is 53.2. The van der Waals surface area contributed by atoms with Crippen LogP contribution >= 0.6 is 0 Å². The van der Waals surface area contributed by atoms with Gasteiger partial charge in [-0.1, -0.05) is 34.1 Å². The molecule has 4 rings (SSSR count). The van der Waals surface area contributed by atoms with Crippen molar-refractivity contribution in [1.29, 1.82) is 0 Å². The maximum atomic E-state index is 12.1. The molecule has 2 heteroatoms. The molecular weight excluding hydrogens is 272 g/mol. The minimum Gasteiger partial charge on any atom is -0.465 e. The minimum atomic E-state index is 0.0981. The molecule has 0 aromatic rings. The quantitative estimate of drug-likeness (QED) is 0.600. The number of cyclic esters (lactones) is 1. The summed E-state index contributed by atoms with van der Waals surface area (Å²) >= 11 is 0. The molecule has 4 fully saturated rings. The Labute approximate surface area is 135 Å². The molecule has 2 nitrogen and oxygen atoms in total. The minimum absolute atomic E-state index is 0.0981. The summed E-state index contributed by atoms with van der Waals surface area (Å²) < 4.78 is 5.49. The highest BCUT2D eigenvalue weighted by Gasteiger charge is 2.64. The van der Waals surface area contributed by atoms with Gasteiger partial charge in [-0.25, -0.2) is 0 Å². The van der Waals surface area contributed by atoms with E-state index in [1.54, 1.807) is 0 Å². The second-order valence-electron chi connectivity index (χ2n) is 9.92. The van der Waals surface area contributed by atoms with Crippen molar-refractivity contribution in [2.24, 2.45) is 39.9 Å². The van der Waals surface area contributed by atoms with E-state index in [9.17, 15) is 4.79 Å². The summed E-state index contributed by atoms with van der Waals surface area (Å²) in [5.74, 6) is 2.44. The van der Waals surface area contributed by atoms with Gasteiger partial charge in [0.05, 0.1) is 12.5 Å². The summed E-state index contributed by atoms with van der Waals surface area (Å²) in [6.07, 6.45) is 9.16. The molecular formula is C20H32O2. The van der Waals surface area contributed by atoms with E-state index >= 15 is 0 Å². The van der Waals surface area contributed by atoms with Crippen LogP contribution in [-0.4, -0.2) is 12.6 Å².